The molecule has 2 heterocycles. The fourth-order valence-corrected chi connectivity index (χ4v) is 4.02. The Bertz CT molecular complexity index is 1280. The molecule has 0 atom stereocenters. The lowest BCUT2D eigenvalue weighted by Crippen LogP contribution is -2.27. The van der Waals surface area contributed by atoms with Crippen molar-refractivity contribution in [3.8, 4) is 11.3 Å². The number of fused-ring (bicyclic) bond motifs is 1. The minimum atomic E-state index is -0.359. The maximum atomic E-state index is 12.8. The number of nitrogens with one attached hydrogen (secondary N) is 1. The second-order valence-corrected chi connectivity index (χ2v) is 7.96. The first-order chi connectivity index (χ1) is 13.9. The summed E-state index contributed by atoms with van der Waals surface area (Å²) in [5.41, 5.74) is 4.46. The van der Waals surface area contributed by atoms with Gasteiger partial charge in [0.2, 0.25) is 5.91 Å². The number of halogens is 1. The number of carbonyl (C=O) groups is 1. The Labute approximate surface area is 176 Å². The molecular formula is C21H17ClN4O2S. The molecule has 0 aliphatic heterocycles. The number of benzene rings is 2. The van der Waals surface area contributed by atoms with E-state index in [-0.39, 0.29) is 18.0 Å². The summed E-state index contributed by atoms with van der Waals surface area (Å²) in [6, 6.07) is 13.2. The first kappa shape index (κ1) is 19.3. The Hall–Kier alpha value is -3.03. The highest BCUT2D eigenvalue weighted by molar-refractivity contribution is 7.13. The normalized spacial score (nSPS) is 11.0. The van der Waals surface area contributed by atoms with Gasteiger partial charge in [0, 0.05) is 5.56 Å². The molecule has 0 aliphatic rings. The highest BCUT2D eigenvalue weighted by Gasteiger charge is 2.16. The summed E-state index contributed by atoms with van der Waals surface area (Å²) in [6.45, 7) is 3.76. The van der Waals surface area contributed by atoms with Gasteiger partial charge in [0.1, 0.15) is 22.5 Å². The maximum Gasteiger partial charge on any atom is 0.273 e. The smallest absolute Gasteiger partial charge is 0.273 e. The number of aromatic nitrogens is 3. The first-order valence-corrected chi connectivity index (χ1v) is 10.1. The second-order valence-electron chi connectivity index (χ2n) is 6.78. The number of amides is 1. The third kappa shape index (κ3) is 3.92. The SMILES string of the molecule is Cc1ccc(-c2nsc3c(=O)n(CC(=O)Nc4ccc(C)cc4Cl)cnc23)cc1. The van der Waals surface area contributed by atoms with Gasteiger partial charge in [-0.25, -0.2) is 4.98 Å². The summed E-state index contributed by atoms with van der Waals surface area (Å²) in [7, 11) is 0. The molecule has 1 N–H and O–H groups in total. The molecule has 4 rings (SSSR count). The van der Waals surface area contributed by atoms with Crippen LogP contribution in [-0.2, 0) is 11.3 Å². The van der Waals surface area contributed by atoms with Gasteiger partial charge < -0.3 is 5.32 Å². The topological polar surface area (TPSA) is 76.9 Å². The monoisotopic (exact) mass is 424 g/mol. The average molecular weight is 425 g/mol. The van der Waals surface area contributed by atoms with Crippen LogP contribution in [0.3, 0.4) is 0 Å². The number of nitrogens with zero attached hydrogens (tertiary/aromatic N) is 3. The Morgan fingerprint density at radius 3 is 2.59 bits per heavy atom. The van der Waals surface area contributed by atoms with Gasteiger partial charge in [0.05, 0.1) is 17.0 Å². The van der Waals surface area contributed by atoms with Crippen molar-refractivity contribution in [2.45, 2.75) is 20.4 Å². The predicted octanol–water partition coefficient (Wildman–Crippen LogP) is 4.43. The lowest BCUT2D eigenvalue weighted by atomic mass is 10.1. The molecule has 6 nitrogen and oxygen atoms in total. The number of carbonyl (C=O) groups excluding carboxylic acids is 1. The summed E-state index contributed by atoms with van der Waals surface area (Å²) >= 11 is 7.24. The Morgan fingerprint density at radius 1 is 1.14 bits per heavy atom. The summed E-state index contributed by atoms with van der Waals surface area (Å²) in [5.74, 6) is -0.359. The average Bonchev–Trinajstić information content (AvgIpc) is 3.12. The standard InChI is InChI=1S/C21H17ClN4O2S/c1-12-3-6-14(7-4-12)18-19-20(29-25-18)21(28)26(11-23-19)10-17(27)24-16-8-5-13(2)9-15(16)22/h3-9,11H,10H2,1-2H3,(H,24,27). The molecule has 8 heteroatoms. The van der Waals surface area contributed by atoms with Crippen molar-refractivity contribution >= 4 is 44.9 Å². The van der Waals surface area contributed by atoms with Crippen molar-refractivity contribution < 1.29 is 4.79 Å². The number of anilines is 1. The molecule has 0 saturated heterocycles. The van der Waals surface area contributed by atoms with Crippen LogP contribution in [0.4, 0.5) is 5.69 Å². The van der Waals surface area contributed by atoms with Crippen LogP contribution in [0.5, 0.6) is 0 Å². The summed E-state index contributed by atoms with van der Waals surface area (Å²) in [4.78, 5) is 29.6. The van der Waals surface area contributed by atoms with Crippen LogP contribution in [0, 0.1) is 13.8 Å². The van der Waals surface area contributed by atoms with E-state index in [4.69, 9.17) is 11.6 Å². The van der Waals surface area contributed by atoms with E-state index in [0.717, 1.165) is 28.2 Å². The van der Waals surface area contributed by atoms with Crippen LogP contribution >= 0.6 is 23.1 Å². The second kappa shape index (κ2) is 7.77. The fourth-order valence-electron chi connectivity index (χ4n) is 2.94. The van der Waals surface area contributed by atoms with Gasteiger partial charge >= 0.3 is 0 Å². The van der Waals surface area contributed by atoms with Gasteiger partial charge in [-0.3, -0.25) is 14.2 Å². The zero-order chi connectivity index (χ0) is 20.5. The van der Waals surface area contributed by atoms with Crippen LogP contribution in [0.15, 0.2) is 53.6 Å². The van der Waals surface area contributed by atoms with Crippen molar-refractivity contribution in [1.82, 2.24) is 13.9 Å². The molecule has 0 aliphatic carbocycles. The molecule has 2 aromatic carbocycles. The summed E-state index contributed by atoms with van der Waals surface area (Å²) < 4.78 is 6.11. The number of hydrogen-bond donors (Lipinski definition) is 1. The molecule has 0 saturated carbocycles. The Kier molecular flexibility index (Phi) is 5.17. The van der Waals surface area contributed by atoms with E-state index in [1.807, 2.05) is 44.2 Å². The predicted molar refractivity (Wildman–Crippen MR) is 117 cm³/mol. The number of rotatable bonds is 4. The van der Waals surface area contributed by atoms with Crippen molar-refractivity contribution in [3.05, 3.63) is 75.3 Å². The van der Waals surface area contributed by atoms with Gasteiger partial charge in [-0.1, -0.05) is 47.5 Å². The van der Waals surface area contributed by atoms with Gasteiger partial charge in [0.25, 0.3) is 5.56 Å². The molecule has 29 heavy (non-hydrogen) atoms. The maximum absolute atomic E-state index is 12.8. The van der Waals surface area contributed by atoms with E-state index in [9.17, 15) is 9.59 Å². The largest absolute Gasteiger partial charge is 0.323 e. The molecule has 0 radical (unpaired) electrons. The molecule has 0 spiro atoms. The molecule has 2 aromatic heterocycles. The third-order valence-corrected chi connectivity index (χ3v) is 5.62. The minimum absolute atomic E-state index is 0.163. The summed E-state index contributed by atoms with van der Waals surface area (Å²) in [6.07, 6.45) is 1.38. The lowest BCUT2D eigenvalue weighted by molar-refractivity contribution is -0.116. The fraction of sp³-hybridized carbons (Fsp3) is 0.143. The lowest BCUT2D eigenvalue weighted by Gasteiger charge is -2.09. The molecule has 4 aromatic rings. The molecule has 0 bridgehead atoms. The molecule has 0 unspecified atom stereocenters. The van der Waals surface area contributed by atoms with Gasteiger partial charge in [0.15, 0.2) is 0 Å². The molecular weight excluding hydrogens is 408 g/mol. The van der Waals surface area contributed by atoms with Crippen LogP contribution in [-0.4, -0.2) is 19.8 Å². The van der Waals surface area contributed by atoms with Crippen LogP contribution in [0.25, 0.3) is 21.5 Å². The van der Waals surface area contributed by atoms with Crippen molar-refractivity contribution in [2.24, 2.45) is 0 Å². The quantitative estimate of drug-likeness (QED) is 0.525. The van der Waals surface area contributed by atoms with E-state index in [0.29, 0.717) is 26.6 Å². The van der Waals surface area contributed by atoms with E-state index >= 15 is 0 Å². The van der Waals surface area contributed by atoms with E-state index in [2.05, 4.69) is 14.7 Å². The zero-order valence-electron chi connectivity index (χ0n) is 15.8. The molecule has 0 fully saturated rings. The minimum Gasteiger partial charge on any atom is -0.323 e. The van der Waals surface area contributed by atoms with Gasteiger partial charge in [-0.05, 0) is 43.1 Å². The van der Waals surface area contributed by atoms with Crippen LogP contribution < -0.4 is 10.9 Å². The zero-order valence-corrected chi connectivity index (χ0v) is 17.3. The number of hydrogen-bond acceptors (Lipinski definition) is 5. The van der Waals surface area contributed by atoms with Crippen molar-refractivity contribution in [2.75, 3.05) is 5.32 Å². The van der Waals surface area contributed by atoms with Crippen LogP contribution in [0.2, 0.25) is 5.02 Å². The third-order valence-electron chi connectivity index (χ3n) is 4.49. The van der Waals surface area contributed by atoms with E-state index in [1.54, 1.807) is 12.1 Å². The molecule has 1 amide bonds. The first-order valence-electron chi connectivity index (χ1n) is 8.90. The van der Waals surface area contributed by atoms with Crippen molar-refractivity contribution in [3.63, 3.8) is 0 Å². The van der Waals surface area contributed by atoms with Crippen LogP contribution in [0.1, 0.15) is 11.1 Å². The highest BCUT2D eigenvalue weighted by Crippen LogP contribution is 2.27. The van der Waals surface area contributed by atoms with E-state index < -0.39 is 0 Å². The van der Waals surface area contributed by atoms with Gasteiger partial charge in [-0.15, -0.1) is 0 Å². The number of aryl methyl sites for hydroxylation is 2. The van der Waals surface area contributed by atoms with E-state index in [1.165, 1.54) is 10.9 Å². The Morgan fingerprint density at radius 2 is 1.86 bits per heavy atom. The highest BCUT2D eigenvalue weighted by atomic mass is 35.5. The van der Waals surface area contributed by atoms with Crippen molar-refractivity contribution in [1.29, 1.82) is 0 Å². The van der Waals surface area contributed by atoms with Gasteiger partial charge in [-0.2, -0.15) is 4.37 Å². The summed E-state index contributed by atoms with van der Waals surface area (Å²) in [5, 5.41) is 3.18. The molecule has 146 valence electrons. The Balaban J connectivity index is 1.60.